The Kier molecular flexibility index (Phi) is 3.35. The summed E-state index contributed by atoms with van der Waals surface area (Å²) >= 11 is 3.50. The average molecular weight is 350 g/mol. The molecule has 0 saturated heterocycles. The molecule has 4 nitrogen and oxygen atoms in total. The molecule has 1 aliphatic carbocycles. The molecule has 1 aromatic rings. The van der Waals surface area contributed by atoms with Crippen LogP contribution >= 0.6 is 15.9 Å². The first-order valence-corrected chi connectivity index (χ1v) is 8.04. The Bertz CT molecular complexity index is 633. The molecular formula is C16H20BrN3O. The van der Waals surface area contributed by atoms with Gasteiger partial charge in [0.25, 0.3) is 5.91 Å². The van der Waals surface area contributed by atoms with Crippen LogP contribution in [0.1, 0.15) is 38.3 Å². The monoisotopic (exact) mass is 349 g/mol. The standard InChI is InChI=1S/C16H20BrN3O/c1-15(2,3)19-14-18-13(21)16(20-14)7-6-10-8-12(17)5-4-11(10)9-16/h4-5,8H,6-7,9H2,1-3H3,(H2,18,19,20,21). The van der Waals surface area contributed by atoms with Gasteiger partial charge in [0.15, 0.2) is 5.96 Å². The van der Waals surface area contributed by atoms with Crippen molar-refractivity contribution in [3.8, 4) is 0 Å². The number of carbonyl (C=O) groups is 1. The van der Waals surface area contributed by atoms with E-state index in [9.17, 15) is 4.79 Å². The van der Waals surface area contributed by atoms with E-state index in [1.165, 1.54) is 11.1 Å². The number of nitrogens with one attached hydrogen (secondary N) is 2. The van der Waals surface area contributed by atoms with Crippen molar-refractivity contribution >= 4 is 27.8 Å². The third kappa shape index (κ3) is 2.84. The maximum absolute atomic E-state index is 12.4. The first-order valence-electron chi connectivity index (χ1n) is 7.24. The Morgan fingerprint density at radius 3 is 2.81 bits per heavy atom. The van der Waals surface area contributed by atoms with Gasteiger partial charge in [0, 0.05) is 16.4 Å². The summed E-state index contributed by atoms with van der Waals surface area (Å²) < 4.78 is 1.09. The van der Waals surface area contributed by atoms with Gasteiger partial charge in [-0.25, -0.2) is 4.99 Å². The summed E-state index contributed by atoms with van der Waals surface area (Å²) in [7, 11) is 0. The van der Waals surface area contributed by atoms with Crippen LogP contribution in [0.15, 0.2) is 27.7 Å². The molecule has 2 aliphatic rings. The third-order valence-corrected chi connectivity index (χ3v) is 4.43. The van der Waals surface area contributed by atoms with E-state index in [2.05, 4.69) is 59.5 Å². The second kappa shape index (κ2) is 4.83. The van der Waals surface area contributed by atoms with E-state index in [-0.39, 0.29) is 11.4 Å². The van der Waals surface area contributed by atoms with Crippen LogP contribution in [0, 0.1) is 0 Å². The first kappa shape index (κ1) is 14.6. The number of guanidine groups is 1. The Morgan fingerprint density at radius 2 is 2.10 bits per heavy atom. The molecule has 0 saturated carbocycles. The predicted molar refractivity (Wildman–Crippen MR) is 87.4 cm³/mol. The average Bonchev–Trinajstić information content (AvgIpc) is 2.64. The maximum atomic E-state index is 12.4. The molecule has 0 aromatic heterocycles. The minimum absolute atomic E-state index is 0.0165. The lowest BCUT2D eigenvalue weighted by Crippen LogP contribution is -2.48. The van der Waals surface area contributed by atoms with Gasteiger partial charge >= 0.3 is 0 Å². The fraction of sp³-hybridized carbons (Fsp3) is 0.500. The quantitative estimate of drug-likeness (QED) is 0.756. The number of carbonyl (C=O) groups excluding carboxylic acids is 1. The fourth-order valence-electron chi connectivity index (χ4n) is 2.96. The molecule has 5 heteroatoms. The van der Waals surface area contributed by atoms with Crippen molar-refractivity contribution in [1.82, 2.24) is 10.6 Å². The Morgan fingerprint density at radius 1 is 1.33 bits per heavy atom. The highest BCUT2D eigenvalue weighted by atomic mass is 79.9. The molecule has 112 valence electrons. The van der Waals surface area contributed by atoms with E-state index in [4.69, 9.17) is 4.99 Å². The fourth-order valence-corrected chi connectivity index (χ4v) is 3.37. The van der Waals surface area contributed by atoms with Crippen molar-refractivity contribution in [1.29, 1.82) is 0 Å². The number of fused-ring (bicyclic) bond motifs is 1. The highest BCUT2D eigenvalue weighted by molar-refractivity contribution is 9.10. The van der Waals surface area contributed by atoms with Crippen LogP contribution in [0.4, 0.5) is 0 Å². The van der Waals surface area contributed by atoms with Gasteiger partial charge in [-0.15, -0.1) is 0 Å². The zero-order valence-corrected chi connectivity index (χ0v) is 14.2. The molecule has 1 spiro atoms. The van der Waals surface area contributed by atoms with E-state index in [1.807, 2.05) is 6.07 Å². The summed E-state index contributed by atoms with van der Waals surface area (Å²) in [6.07, 6.45) is 2.32. The van der Waals surface area contributed by atoms with Crippen LogP contribution in [0.5, 0.6) is 0 Å². The van der Waals surface area contributed by atoms with Gasteiger partial charge in [0.05, 0.1) is 0 Å². The molecule has 0 radical (unpaired) electrons. The summed E-state index contributed by atoms with van der Waals surface area (Å²) in [5.74, 6) is 0.621. The number of aliphatic imine (C=N–C) groups is 1. The van der Waals surface area contributed by atoms with Crippen molar-refractivity contribution in [3.05, 3.63) is 33.8 Å². The molecule has 1 heterocycles. The number of benzene rings is 1. The number of hydrogen-bond donors (Lipinski definition) is 2. The van der Waals surface area contributed by atoms with Crippen LogP contribution < -0.4 is 10.6 Å². The summed E-state index contributed by atoms with van der Waals surface area (Å²) in [4.78, 5) is 17.1. The van der Waals surface area contributed by atoms with E-state index in [1.54, 1.807) is 0 Å². The number of hydrogen-bond acceptors (Lipinski definition) is 3. The minimum atomic E-state index is -0.631. The molecule has 1 aliphatic heterocycles. The van der Waals surface area contributed by atoms with Crippen molar-refractivity contribution in [2.75, 3.05) is 0 Å². The SMILES string of the molecule is CC(C)(C)NC1=NC2(CCc3cc(Br)ccc3C2)C(=O)N1. The van der Waals surface area contributed by atoms with Crippen LogP contribution in [0.3, 0.4) is 0 Å². The lowest BCUT2D eigenvalue weighted by molar-refractivity contribution is -0.124. The van der Waals surface area contributed by atoms with Crippen molar-refractivity contribution in [3.63, 3.8) is 0 Å². The predicted octanol–water partition coefficient (Wildman–Crippen LogP) is 2.55. The molecular weight excluding hydrogens is 330 g/mol. The van der Waals surface area contributed by atoms with Crippen molar-refractivity contribution in [2.45, 2.75) is 51.1 Å². The number of rotatable bonds is 0. The highest BCUT2D eigenvalue weighted by Gasteiger charge is 2.46. The lowest BCUT2D eigenvalue weighted by atomic mass is 9.78. The van der Waals surface area contributed by atoms with E-state index in [0.717, 1.165) is 17.3 Å². The zero-order valence-electron chi connectivity index (χ0n) is 12.6. The van der Waals surface area contributed by atoms with E-state index >= 15 is 0 Å². The molecule has 21 heavy (non-hydrogen) atoms. The summed E-state index contributed by atoms with van der Waals surface area (Å²) in [5.41, 5.74) is 1.79. The van der Waals surface area contributed by atoms with Gasteiger partial charge in [0.1, 0.15) is 5.54 Å². The van der Waals surface area contributed by atoms with Crippen LogP contribution in [-0.4, -0.2) is 22.9 Å². The van der Waals surface area contributed by atoms with Gasteiger partial charge in [-0.2, -0.15) is 0 Å². The molecule has 1 aromatic carbocycles. The number of nitrogens with zero attached hydrogens (tertiary/aromatic N) is 1. The van der Waals surface area contributed by atoms with Crippen LogP contribution in [0.2, 0.25) is 0 Å². The van der Waals surface area contributed by atoms with Crippen LogP contribution in [-0.2, 0) is 17.6 Å². The second-order valence-corrected chi connectivity index (χ2v) is 7.83. The van der Waals surface area contributed by atoms with Crippen molar-refractivity contribution in [2.24, 2.45) is 4.99 Å². The van der Waals surface area contributed by atoms with Gasteiger partial charge < -0.3 is 5.32 Å². The van der Waals surface area contributed by atoms with Crippen molar-refractivity contribution < 1.29 is 4.79 Å². The first-order chi connectivity index (χ1) is 9.77. The maximum Gasteiger partial charge on any atom is 0.255 e. The highest BCUT2D eigenvalue weighted by Crippen LogP contribution is 2.35. The molecule has 1 amide bonds. The van der Waals surface area contributed by atoms with E-state index in [0.29, 0.717) is 12.4 Å². The number of halogens is 1. The molecule has 1 unspecified atom stereocenters. The van der Waals surface area contributed by atoms with Gasteiger partial charge in [-0.05, 0) is 56.9 Å². The Hall–Kier alpha value is -1.36. The third-order valence-electron chi connectivity index (χ3n) is 3.93. The number of aryl methyl sites for hydroxylation is 1. The van der Waals surface area contributed by atoms with Gasteiger partial charge in [0.2, 0.25) is 0 Å². The number of amides is 1. The topological polar surface area (TPSA) is 53.5 Å². The summed E-state index contributed by atoms with van der Waals surface area (Å²) in [6.45, 7) is 6.17. The summed E-state index contributed by atoms with van der Waals surface area (Å²) in [5, 5.41) is 6.17. The van der Waals surface area contributed by atoms with E-state index < -0.39 is 5.54 Å². The molecule has 0 fully saturated rings. The van der Waals surface area contributed by atoms with Crippen LogP contribution in [0.25, 0.3) is 0 Å². The Labute approximate surface area is 133 Å². The Balaban J connectivity index is 1.89. The summed E-state index contributed by atoms with van der Waals surface area (Å²) in [6, 6.07) is 6.27. The zero-order chi connectivity index (χ0) is 15.3. The lowest BCUT2D eigenvalue weighted by Gasteiger charge is -2.29. The smallest absolute Gasteiger partial charge is 0.255 e. The molecule has 3 rings (SSSR count). The van der Waals surface area contributed by atoms with Gasteiger partial charge in [-0.3, -0.25) is 10.1 Å². The molecule has 0 bridgehead atoms. The normalized spacial score (nSPS) is 24.6. The molecule has 2 N–H and O–H groups in total. The largest absolute Gasteiger partial charge is 0.351 e. The van der Waals surface area contributed by atoms with Gasteiger partial charge in [-0.1, -0.05) is 22.0 Å². The molecule has 1 atom stereocenters. The minimum Gasteiger partial charge on any atom is -0.351 e. The second-order valence-electron chi connectivity index (χ2n) is 6.91.